The summed E-state index contributed by atoms with van der Waals surface area (Å²) in [7, 11) is -1.02. The van der Waals surface area contributed by atoms with Crippen LogP contribution in [0.15, 0.2) is 51.5 Å². The second-order valence-corrected chi connectivity index (χ2v) is 11.0. The van der Waals surface area contributed by atoms with E-state index < -0.39 is 10.0 Å². The molecule has 3 aromatic rings. The number of rotatable bonds is 5. The number of fused-ring (bicyclic) bond motifs is 3. The van der Waals surface area contributed by atoms with Crippen LogP contribution in [0.3, 0.4) is 0 Å². The predicted octanol–water partition coefficient (Wildman–Crippen LogP) is 3.15. The topological polar surface area (TPSA) is 134 Å². The maximum atomic E-state index is 14.1. The standard InChI is InChI=1S/C24H29N5O4S/c1-14-6-8-18-16(10-14)22-17(27-28-23(25)26)12-24(2,3)13-19(22)29(18)34(30,31)15-7-9-20(32-4)21(11-15)33-5/h6-11H,12-13H2,1-5H3,(H4,25,26,28)/b27-17-. The second-order valence-electron chi connectivity index (χ2n) is 9.22. The zero-order chi connectivity index (χ0) is 24.8. The van der Waals surface area contributed by atoms with E-state index in [1.54, 1.807) is 6.07 Å². The monoisotopic (exact) mass is 483 g/mol. The maximum absolute atomic E-state index is 14.1. The summed E-state index contributed by atoms with van der Waals surface area (Å²) in [5, 5.41) is 9.00. The Kier molecular flexibility index (Phi) is 5.80. The molecule has 9 nitrogen and oxygen atoms in total. The molecular weight excluding hydrogens is 454 g/mol. The van der Waals surface area contributed by atoms with Gasteiger partial charge >= 0.3 is 0 Å². The van der Waals surface area contributed by atoms with Crippen LogP contribution in [-0.4, -0.2) is 38.3 Å². The van der Waals surface area contributed by atoms with Gasteiger partial charge in [-0.3, -0.25) is 0 Å². The van der Waals surface area contributed by atoms with E-state index in [9.17, 15) is 8.42 Å². The minimum atomic E-state index is -4.00. The normalized spacial score (nSPS) is 16.3. The third-order valence-electron chi connectivity index (χ3n) is 5.93. The zero-order valence-corrected chi connectivity index (χ0v) is 20.7. The molecule has 0 amide bonds. The van der Waals surface area contributed by atoms with Crippen LogP contribution in [0.25, 0.3) is 10.9 Å². The van der Waals surface area contributed by atoms with Crippen LogP contribution in [0.5, 0.6) is 11.5 Å². The average Bonchev–Trinajstić information content (AvgIpc) is 3.09. The molecule has 0 saturated heterocycles. The number of guanidine groups is 1. The predicted molar refractivity (Wildman–Crippen MR) is 133 cm³/mol. The van der Waals surface area contributed by atoms with Crippen LogP contribution in [0.1, 0.15) is 37.1 Å². The Bertz CT molecular complexity index is 1450. The first-order chi connectivity index (χ1) is 16.0. The molecule has 1 aromatic heterocycles. The Morgan fingerprint density at radius 2 is 1.74 bits per heavy atom. The Morgan fingerprint density at radius 1 is 1.03 bits per heavy atom. The van der Waals surface area contributed by atoms with Crippen LogP contribution in [0, 0.1) is 12.3 Å². The van der Waals surface area contributed by atoms with E-state index in [0.29, 0.717) is 41.3 Å². The first kappa shape index (κ1) is 23.6. The largest absolute Gasteiger partial charge is 0.493 e. The Labute approximate surface area is 199 Å². The molecule has 4 rings (SSSR count). The Morgan fingerprint density at radius 3 is 2.38 bits per heavy atom. The van der Waals surface area contributed by atoms with Crippen LogP contribution < -0.4 is 20.9 Å². The van der Waals surface area contributed by atoms with Gasteiger partial charge in [0.25, 0.3) is 10.0 Å². The number of ether oxygens (including phenoxy) is 2. The van der Waals surface area contributed by atoms with E-state index in [-0.39, 0.29) is 16.3 Å². The first-order valence-corrected chi connectivity index (χ1v) is 12.2. The summed E-state index contributed by atoms with van der Waals surface area (Å²) in [6.07, 6.45) is 1.13. The van der Waals surface area contributed by atoms with Gasteiger partial charge in [-0.15, -0.1) is 5.10 Å². The Balaban J connectivity index is 2.07. The summed E-state index contributed by atoms with van der Waals surface area (Å²) in [6, 6.07) is 10.3. The van der Waals surface area contributed by atoms with Crippen molar-refractivity contribution in [3.63, 3.8) is 0 Å². The van der Waals surface area contributed by atoms with Crippen molar-refractivity contribution in [2.45, 2.75) is 38.5 Å². The van der Waals surface area contributed by atoms with E-state index in [2.05, 4.69) is 24.1 Å². The highest BCUT2D eigenvalue weighted by Crippen LogP contribution is 2.42. The molecule has 180 valence electrons. The smallest absolute Gasteiger partial charge is 0.268 e. The van der Waals surface area contributed by atoms with Crippen molar-refractivity contribution in [2.24, 2.45) is 27.1 Å². The summed E-state index contributed by atoms with van der Waals surface area (Å²) in [5.41, 5.74) is 14.4. The van der Waals surface area contributed by atoms with Gasteiger partial charge in [0.15, 0.2) is 11.5 Å². The first-order valence-electron chi connectivity index (χ1n) is 10.8. The summed E-state index contributed by atoms with van der Waals surface area (Å²) in [5.74, 6) is 0.625. The van der Waals surface area contributed by atoms with Gasteiger partial charge in [0, 0.05) is 22.7 Å². The van der Waals surface area contributed by atoms with E-state index in [1.807, 2.05) is 25.1 Å². The minimum absolute atomic E-state index is 0.0940. The van der Waals surface area contributed by atoms with Gasteiger partial charge in [0.05, 0.1) is 30.3 Å². The van der Waals surface area contributed by atoms with Gasteiger partial charge in [0.2, 0.25) is 5.96 Å². The molecule has 0 bridgehead atoms. The zero-order valence-electron chi connectivity index (χ0n) is 19.9. The SMILES string of the molecule is COc1ccc(S(=O)(=O)n2c3c(c4cc(C)ccc42)/C(=N\N=C(N)N)CC(C)(C)C3)cc1OC. The highest BCUT2D eigenvalue weighted by Gasteiger charge is 2.38. The lowest BCUT2D eigenvalue weighted by atomic mass is 9.75. The lowest BCUT2D eigenvalue weighted by molar-refractivity contribution is 0.354. The number of methoxy groups -OCH3 is 2. The van der Waals surface area contributed by atoms with E-state index >= 15 is 0 Å². The number of benzene rings is 2. The number of nitrogens with zero attached hydrogens (tertiary/aromatic N) is 3. The van der Waals surface area contributed by atoms with Crippen molar-refractivity contribution in [1.29, 1.82) is 0 Å². The number of hydrogen-bond donors (Lipinski definition) is 2. The van der Waals surface area contributed by atoms with Crippen LogP contribution in [-0.2, 0) is 16.4 Å². The van der Waals surface area contributed by atoms with Gasteiger partial charge < -0.3 is 20.9 Å². The van der Waals surface area contributed by atoms with Crippen molar-refractivity contribution in [2.75, 3.05) is 14.2 Å². The molecule has 1 aliphatic rings. The molecule has 4 N–H and O–H groups in total. The lowest BCUT2D eigenvalue weighted by Gasteiger charge is -2.31. The van der Waals surface area contributed by atoms with Crippen molar-refractivity contribution < 1.29 is 17.9 Å². The van der Waals surface area contributed by atoms with Crippen LogP contribution in [0.2, 0.25) is 0 Å². The number of aromatic nitrogens is 1. The minimum Gasteiger partial charge on any atom is -0.493 e. The Hall–Kier alpha value is -3.53. The van der Waals surface area contributed by atoms with Crippen molar-refractivity contribution in [1.82, 2.24) is 3.97 Å². The highest BCUT2D eigenvalue weighted by atomic mass is 32.2. The van der Waals surface area contributed by atoms with Crippen molar-refractivity contribution in [3.8, 4) is 11.5 Å². The molecule has 1 aliphatic carbocycles. The van der Waals surface area contributed by atoms with Gasteiger partial charge in [0.1, 0.15) is 0 Å². The summed E-state index contributed by atoms with van der Waals surface area (Å²) < 4.78 is 40.2. The second kappa shape index (κ2) is 8.35. The molecule has 34 heavy (non-hydrogen) atoms. The van der Waals surface area contributed by atoms with E-state index in [0.717, 1.165) is 16.5 Å². The number of hydrogen-bond acceptors (Lipinski definition) is 6. The molecular formula is C24H29N5O4S. The van der Waals surface area contributed by atoms with Gasteiger partial charge in [-0.1, -0.05) is 25.5 Å². The quantitative estimate of drug-likeness (QED) is 0.325. The molecule has 0 atom stereocenters. The summed E-state index contributed by atoms with van der Waals surface area (Å²) >= 11 is 0. The fraction of sp³-hybridized carbons (Fsp3) is 0.333. The van der Waals surface area contributed by atoms with Crippen molar-refractivity contribution >= 4 is 32.6 Å². The average molecular weight is 484 g/mol. The molecule has 2 aromatic carbocycles. The maximum Gasteiger partial charge on any atom is 0.268 e. The third-order valence-corrected chi connectivity index (χ3v) is 7.68. The molecule has 0 aliphatic heterocycles. The van der Waals surface area contributed by atoms with Crippen LogP contribution >= 0.6 is 0 Å². The van der Waals surface area contributed by atoms with Crippen LogP contribution in [0.4, 0.5) is 0 Å². The molecule has 0 radical (unpaired) electrons. The van der Waals surface area contributed by atoms with Crippen molar-refractivity contribution in [3.05, 3.63) is 53.2 Å². The van der Waals surface area contributed by atoms with E-state index in [1.165, 1.54) is 30.3 Å². The number of aryl methyl sites for hydroxylation is 1. The van der Waals surface area contributed by atoms with Gasteiger partial charge in [-0.25, -0.2) is 12.4 Å². The van der Waals surface area contributed by atoms with E-state index in [4.69, 9.17) is 20.9 Å². The molecule has 10 heteroatoms. The highest BCUT2D eigenvalue weighted by molar-refractivity contribution is 7.90. The molecule has 0 unspecified atom stereocenters. The van der Waals surface area contributed by atoms with Gasteiger partial charge in [-0.2, -0.15) is 5.10 Å². The third kappa shape index (κ3) is 3.98. The molecule has 0 fully saturated rings. The van der Waals surface area contributed by atoms with Gasteiger partial charge in [-0.05, 0) is 49.4 Å². The fourth-order valence-electron chi connectivity index (χ4n) is 4.53. The summed E-state index contributed by atoms with van der Waals surface area (Å²) in [6.45, 7) is 6.10. The molecule has 0 saturated carbocycles. The number of nitrogens with two attached hydrogens (primary N) is 2. The molecule has 0 spiro atoms. The molecule has 1 heterocycles. The summed E-state index contributed by atoms with van der Waals surface area (Å²) in [4.78, 5) is 0.0940. The fourth-order valence-corrected chi connectivity index (χ4v) is 6.10. The lowest BCUT2D eigenvalue weighted by Crippen LogP contribution is -2.30.